The van der Waals surface area contributed by atoms with Crippen LogP contribution in [0, 0.1) is 0 Å². The third-order valence-electron chi connectivity index (χ3n) is 4.71. The second-order valence-electron chi connectivity index (χ2n) is 6.33. The second kappa shape index (κ2) is 6.31. The standard InChI is InChI=1S/C17H21N3O3S/c21-24(22,19-10-1-2-11-19)20-12-8-15(13-20)23-16-7-3-5-14-6-4-9-18-17(14)16/h3-7,9,15H,1-2,8,10-13H2/t15-/m0/s1. The number of benzene rings is 1. The van der Waals surface area contributed by atoms with E-state index in [0.717, 1.165) is 29.5 Å². The molecule has 6 nitrogen and oxygen atoms in total. The summed E-state index contributed by atoms with van der Waals surface area (Å²) in [5.41, 5.74) is 0.820. The van der Waals surface area contributed by atoms with Gasteiger partial charge in [-0.15, -0.1) is 0 Å². The average Bonchev–Trinajstić information content (AvgIpc) is 3.28. The van der Waals surface area contributed by atoms with Crippen LogP contribution in [-0.4, -0.2) is 54.3 Å². The molecule has 3 heterocycles. The minimum atomic E-state index is -3.34. The van der Waals surface area contributed by atoms with E-state index in [2.05, 4.69) is 4.98 Å². The van der Waals surface area contributed by atoms with E-state index in [1.165, 1.54) is 0 Å². The van der Waals surface area contributed by atoms with Gasteiger partial charge in [0.2, 0.25) is 0 Å². The van der Waals surface area contributed by atoms with Crippen LogP contribution in [0.1, 0.15) is 19.3 Å². The van der Waals surface area contributed by atoms with Gasteiger partial charge in [0.05, 0.1) is 6.54 Å². The highest BCUT2D eigenvalue weighted by Gasteiger charge is 2.37. The fraction of sp³-hybridized carbons (Fsp3) is 0.471. The molecule has 1 aromatic carbocycles. The Labute approximate surface area is 142 Å². The van der Waals surface area contributed by atoms with Crippen molar-refractivity contribution in [2.45, 2.75) is 25.4 Å². The molecule has 2 saturated heterocycles. The Morgan fingerprint density at radius 1 is 1.04 bits per heavy atom. The normalized spacial score (nSPS) is 23.1. The number of rotatable bonds is 4. The van der Waals surface area contributed by atoms with Crippen LogP contribution >= 0.6 is 0 Å². The monoisotopic (exact) mass is 347 g/mol. The van der Waals surface area contributed by atoms with E-state index in [1.54, 1.807) is 14.8 Å². The Morgan fingerprint density at radius 2 is 1.83 bits per heavy atom. The van der Waals surface area contributed by atoms with E-state index in [0.29, 0.717) is 32.6 Å². The predicted molar refractivity (Wildman–Crippen MR) is 92.1 cm³/mol. The molecule has 0 unspecified atom stereocenters. The molecular weight excluding hydrogens is 326 g/mol. The first-order valence-corrected chi connectivity index (χ1v) is 9.80. The van der Waals surface area contributed by atoms with Crippen molar-refractivity contribution in [1.82, 2.24) is 13.6 Å². The molecule has 7 heteroatoms. The molecule has 128 valence electrons. The molecule has 24 heavy (non-hydrogen) atoms. The molecule has 2 aromatic rings. The van der Waals surface area contributed by atoms with Crippen LogP contribution in [0.3, 0.4) is 0 Å². The molecule has 0 bridgehead atoms. The van der Waals surface area contributed by atoms with Gasteiger partial charge in [0, 0.05) is 31.2 Å². The Morgan fingerprint density at radius 3 is 2.67 bits per heavy atom. The molecule has 2 aliphatic rings. The van der Waals surface area contributed by atoms with Gasteiger partial charge in [0.1, 0.15) is 17.4 Å². The maximum Gasteiger partial charge on any atom is 0.282 e. The summed E-state index contributed by atoms with van der Waals surface area (Å²) in [5.74, 6) is 0.721. The quantitative estimate of drug-likeness (QED) is 0.849. The van der Waals surface area contributed by atoms with Gasteiger partial charge >= 0.3 is 0 Å². The summed E-state index contributed by atoms with van der Waals surface area (Å²) in [6.07, 6.45) is 4.23. The van der Waals surface area contributed by atoms with E-state index in [4.69, 9.17) is 4.74 Å². The molecule has 0 spiro atoms. The van der Waals surface area contributed by atoms with Crippen molar-refractivity contribution in [1.29, 1.82) is 0 Å². The molecule has 0 N–H and O–H groups in total. The van der Waals surface area contributed by atoms with Crippen molar-refractivity contribution in [3.63, 3.8) is 0 Å². The number of fused-ring (bicyclic) bond motifs is 1. The zero-order chi connectivity index (χ0) is 16.6. The van der Waals surface area contributed by atoms with Crippen molar-refractivity contribution in [2.75, 3.05) is 26.2 Å². The lowest BCUT2D eigenvalue weighted by Crippen LogP contribution is -2.41. The molecular formula is C17H21N3O3S. The number of pyridine rings is 1. The van der Waals surface area contributed by atoms with Gasteiger partial charge in [0.25, 0.3) is 10.2 Å². The van der Waals surface area contributed by atoms with Gasteiger partial charge in [0.15, 0.2) is 0 Å². The van der Waals surface area contributed by atoms with Crippen LogP contribution in [0.4, 0.5) is 0 Å². The Kier molecular flexibility index (Phi) is 4.15. The van der Waals surface area contributed by atoms with Crippen LogP contribution in [-0.2, 0) is 10.2 Å². The smallest absolute Gasteiger partial charge is 0.282 e. The summed E-state index contributed by atoms with van der Waals surface area (Å²) in [4.78, 5) is 4.39. The van der Waals surface area contributed by atoms with Crippen LogP contribution < -0.4 is 4.74 Å². The molecule has 2 aliphatic heterocycles. The summed E-state index contributed by atoms with van der Waals surface area (Å²) in [6.45, 7) is 2.19. The minimum absolute atomic E-state index is 0.130. The highest BCUT2D eigenvalue weighted by molar-refractivity contribution is 7.86. The second-order valence-corrected chi connectivity index (χ2v) is 8.26. The topological polar surface area (TPSA) is 62.7 Å². The van der Waals surface area contributed by atoms with Gasteiger partial charge in [-0.25, -0.2) is 0 Å². The van der Waals surface area contributed by atoms with Gasteiger partial charge in [-0.1, -0.05) is 18.2 Å². The summed E-state index contributed by atoms with van der Waals surface area (Å²) in [7, 11) is -3.34. The third kappa shape index (κ3) is 2.87. The zero-order valence-corrected chi connectivity index (χ0v) is 14.3. The van der Waals surface area contributed by atoms with Gasteiger partial charge in [-0.05, 0) is 31.4 Å². The minimum Gasteiger partial charge on any atom is -0.487 e. The number of para-hydroxylation sites is 1. The summed E-state index contributed by atoms with van der Waals surface area (Å²) < 4.78 is 34.5. The molecule has 0 radical (unpaired) electrons. The number of hydrogen-bond donors (Lipinski definition) is 0. The van der Waals surface area contributed by atoms with Gasteiger partial charge in [-0.3, -0.25) is 4.98 Å². The van der Waals surface area contributed by atoms with Gasteiger partial charge in [-0.2, -0.15) is 17.0 Å². The maximum absolute atomic E-state index is 12.6. The lowest BCUT2D eigenvalue weighted by molar-refractivity contribution is 0.216. The number of nitrogens with zero attached hydrogens (tertiary/aromatic N) is 3. The van der Waals surface area contributed by atoms with Crippen LogP contribution in [0.2, 0.25) is 0 Å². The summed E-state index contributed by atoms with van der Waals surface area (Å²) >= 11 is 0. The van der Waals surface area contributed by atoms with Crippen LogP contribution in [0.5, 0.6) is 5.75 Å². The molecule has 4 rings (SSSR count). The number of aromatic nitrogens is 1. The maximum atomic E-state index is 12.6. The first-order valence-electron chi connectivity index (χ1n) is 8.40. The largest absolute Gasteiger partial charge is 0.487 e. The fourth-order valence-corrected chi connectivity index (χ4v) is 5.17. The average molecular weight is 347 g/mol. The van der Waals surface area contributed by atoms with E-state index in [9.17, 15) is 8.42 Å². The first-order chi connectivity index (χ1) is 11.6. The molecule has 1 aromatic heterocycles. The van der Waals surface area contributed by atoms with Crippen molar-refractivity contribution in [2.24, 2.45) is 0 Å². The van der Waals surface area contributed by atoms with E-state index in [-0.39, 0.29) is 6.10 Å². The highest BCUT2D eigenvalue weighted by Crippen LogP contribution is 2.28. The molecule has 0 aliphatic carbocycles. The van der Waals surface area contributed by atoms with Crippen molar-refractivity contribution in [3.05, 3.63) is 36.5 Å². The van der Waals surface area contributed by atoms with Crippen LogP contribution in [0.15, 0.2) is 36.5 Å². The van der Waals surface area contributed by atoms with E-state index < -0.39 is 10.2 Å². The van der Waals surface area contributed by atoms with Crippen molar-refractivity contribution in [3.8, 4) is 5.75 Å². The molecule has 2 fully saturated rings. The fourth-order valence-electron chi connectivity index (χ4n) is 3.44. The van der Waals surface area contributed by atoms with E-state index in [1.807, 2.05) is 30.3 Å². The lowest BCUT2D eigenvalue weighted by atomic mass is 10.2. The van der Waals surface area contributed by atoms with E-state index >= 15 is 0 Å². The predicted octanol–water partition coefficient (Wildman–Crippen LogP) is 2.03. The number of ether oxygens (including phenoxy) is 1. The highest BCUT2D eigenvalue weighted by atomic mass is 32.2. The Hall–Kier alpha value is -1.70. The lowest BCUT2D eigenvalue weighted by Gasteiger charge is -2.23. The first kappa shape index (κ1) is 15.8. The van der Waals surface area contributed by atoms with Crippen molar-refractivity contribution < 1.29 is 13.2 Å². The molecule has 1 atom stereocenters. The SMILES string of the molecule is O=S(=O)(N1CCCC1)N1CC[C@H](Oc2cccc3cccnc23)C1. The summed E-state index contributed by atoms with van der Waals surface area (Å²) in [5, 5.41) is 1.02. The van der Waals surface area contributed by atoms with Crippen LogP contribution in [0.25, 0.3) is 10.9 Å². The molecule has 0 amide bonds. The summed E-state index contributed by atoms with van der Waals surface area (Å²) in [6, 6.07) is 9.72. The van der Waals surface area contributed by atoms with Crippen molar-refractivity contribution >= 4 is 21.1 Å². The third-order valence-corrected chi connectivity index (χ3v) is 6.72. The Bertz CT molecular complexity index is 829. The number of hydrogen-bond acceptors (Lipinski definition) is 4. The van der Waals surface area contributed by atoms with Gasteiger partial charge < -0.3 is 4.74 Å². The zero-order valence-electron chi connectivity index (χ0n) is 13.5. The molecule has 0 saturated carbocycles. The Balaban J connectivity index is 1.49.